The molecule has 0 aliphatic carbocycles. The van der Waals surface area contributed by atoms with E-state index in [1.807, 2.05) is 51.1 Å². The van der Waals surface area contributed by atoms with Crippen molar-refractivity contribution in [1.29, 1.82) is 0 Å². The molecule has 37 heavy (non-hydrogen) atoms. The number of hydrogen-bond donors (Lipinski definition) is 6. The summed E-state index contributed by atoms with van der Waals surface area (Å²) in [4.78, 5) is 51.1. The van der Waals surface area contributed by atoms with Gasteiger partial charge >= 0.3 is 5.97 Å². The zero-order chi connectivity index (χ0) is 28.0. The molecule has 10 nitrogen and oxygen atoms in total. The fourth-order valence-corrected chi connectivity index (χ4v) is 3.81. The number of carbonyl (C=O) groups is 4. The number of carbonyl (C=O) groups excluding carboxylic acids is 3. The standard InChI is InChI=1S/C27H45N5O5/c1-5-17(3)22(29)26(35)30-20(14-10-11-15-28)24(33)31-21(16-19-12-8-7-9-13-19)25(34)32-23(27(36)37)18(4)6-2/h7-9,12-13,17-18,20-23H,5-6,10-11,14-16,28-29H2,1-4H3,(H,30,35)(H,31,33)(H,32,34)(H,36,37). The smallest absolute Gasteiger partial charge is 0.326 e. The second kappa shape index (κ2) is 16.7. The minimum atomic E-state index is -1.14. The highest BCUT2D eigenvalue weighted by Gasteiger charge is 2.32. The van der Waals surface area contributed by atoms with Gasteiger partial charge in [-0.05, 0) is 43.2 Å². The highest BCUT2D eigenvalue weighted by molar-refractivity contribution is 5.94. The predicted octanol–water partition coefficient (Wildman–Crippen LogP) is 1.32. The normalized spacial score (nSPS) is 15.9. The number of nitrogens with one attached hydrogen (secondary N) is 3. The number of hydrogen-bond acceptors (Lipinski definition) is 6. The monoisotopic (exact) mass is 519 g/mol. The average molecular weight is 520 g/mol. The molecular weight excluding hydrogens is 474 g/mol. The molecule has 208 valence electrons. The van der Waals surface area contributed by atoms with Crippen LogP contribution >= 0.6 is 0 Å². The van der Waals surface area contributed by atoms with E-state index in [9.17, 15) is 24.3 Å². The molecule has 0 aromatic heterocycles. The third-order valence-corrected chi connectivity index (χ3v) is 6.83. The molecule has 1 rings (SSSR count). The van der Waals surface area contributed by atoms with Gasteiger partial charge in [0, 0.05) is 6.42 Å². The molecule has 0 heterocycles. The maximum atomic E-state index is 13.4. The lowest BCUT2D eigenvalue weighted by atomic mass is 9.97. The lowest BCUT2D eigenvalue weighted by Gasteiger charge is -2.27. The first-order valence-electron chi connectivity index (χ1n) is 13.2. The summed E-state index contributed by atoms with van der Waals surface area (Å²) in [7, 11) is 0. The number of carboxylic acid groups (broad SMARTS) is 1. The van der Waals surface area contributed by atoms with E-state index in [4.69, 9.17) is 11.5 Å². The first-order valence-corrected chi connectivity index (χ1v) is 13.2. The second-order valence-corrected chi connectivity index (χ2v) is 9.72. The van der Waals surface area contributed by atoms with E-state index < -0.39 is 47.9 Å². The van der Waals surface area contributed by atoms with Crippen LogP contribution in [0.4, 0.5) is 0 Å². The Morgan fingerprint density at radius 3 is 1.95 bits per heavy atom. The number of rotatable bonds is 17. The summed E-state index contributed by atoms with van der Waals surface area (Å²) in [6.45, 7) is 7.83. The largest absolute Gasteiger partial charge is 0.480 e. The molecule has 0 spiro atoms. The Hall–Kier alpha value is -2.98. The SMILES string of the molecule is CCC(C)C(N)C(=O)NC(CCCCN)C(=O)NC(Cc1ccccc1)C(=O)NC(C(=O)O)C(C)CC. The van der Waals surface area contributed by atoms with Gasteiger partial charge in [-0.25, -0.2) is 4.79 Å². The van der Waals surface area contributed by atoms with Crippen molar-refractivity contribution in [2.75, 3.05) is 6.54 Å². The number of amides is 3. The van der Waals surface area contributed by atoms with Crippen molar-refractivity contribution in [3.05, 3.63) is 35.9 Å². The molecule has 0 aliphatic rings. The van der Waals surface area contributed by atoms with Gasteiger partial charge in [-0.2, -0.15) is 0 Å². The van der Waals surface area contributed by atoms with Gasteiger partial charge in [0.15, 0.2) is 0 Å². The quantitative estimate of drug-likeness (QED) is 0.168. The Kier molecular flexibility index (Phi) is 14.5. The third kappa shape index (κ3) is 10.9. The molecule has 0 fully saturated rings. The Morgan fingerprint density at radius 1 is 0.838 bits per heavy atom. The molecule has 0 bridgehead atoms. The molecule has 1 aromatic rings. The fraction of sp³-hybridized carbons (Fsp3) is 0.630. The number of benzene rings is 1. The van der Waals surface area contributed by atoms with Crippen LogP contribution in [-0.4, -0.2) is 59.5 Å². The van der Waals surface area contributed by atoms with Gasteiger partial charge < -0.3 is 32.5 Å². The molecule has 0 saturated carbocycles. The Labute approximate surface area is 220 Å². The van der Waals surface area contributed by atoms with Gasteiger partial charge in [-0.3, -0.25) is 14.4 Å². The molecular formula is C27H45N5O5. The van der Waals surface area contributed by atoms with E-state index in [-0.39, 0.29) is 18.3 Å². The number of nitrogens with two attached hydrogens (primary N) is 2. The van der Waals surface area contributed by atoms with Crippen molar-refractivity contribution in [2.45, 2.75) is 90.4 Å². The highest BCUT2D eigenvalue weighted by atomic mass is 16.4. The molecule has 6 atom stereocenters. The summed E-state index contributed by atoms with van der Waals surface area (Å²) >= 11 is 0. The molecule has 0 aliphatic heterocycles. The van der Waals surface area contributed by atoms with Crippen LogP contribution in [0.15, 0.2) is 30.3 Å². The highest BCUT2D eigenvalue weighted by Crippen LogP contribution is 2.11. The van der Waals surface area contributed by atoms with Crippen molar-refractivity contribution in [3.63, 3.8) is 0 Å². The van der Waals surface area contributed by atoms with Crippen molar-refractivity contribution >= 4 is 23.7 Å². The maximum Gasteiger partial charge on any atom is 0.326 e. The van der Waals surface area contributed by atoms with E-state index in [1.165, 1.54) is 0 Å². The summed E-state index contributed by atoms with van der Waals surface area (Å²) in [5.74, 6) is -3.09. The topological polar surface area (TPSA) is 177 Å². The van der Waals surface area contributed by atoms with Crippen molar-refractivity contribution < 1.29 is 24.3 Å². The van der Waals surface area contributed by atoms with Crippen molar-refractivity contribution in [3.8, 4) is 0 Å². The predicted molar refractivity (Wildman–Crippen MR) is 143 cm³/mol. The van der Waals surface area contributed by atoms with Crippen LogP contribution in [0, 0.1) is 11.8 Å². The van der Waals surface area contributed by atoms with Crippen LogP contribution in [-0.2, 0) is 25.6 Å². The van der Waals surface area contributed by atoms with E-state index >= 15 is 0 Å². The zero-order valence-electron chi connectivity index (χ0n) is 22.5. The van der Waals surface area contributed by atoms with Gasteiger partial charge in [-0.1, -0.05) is 70.9 Å². The molecule has 6 unspecified atom stereocenters. The van der Waals surface area contributed by atoms with Gasteiger partial charge in [0.25, 0.3) is 0 Å². The summed E-state index contributed by atoms with van der Waals surface area (Å²) < 4.78 is 0. The van der Waals surface area contributed by atoms with Crippen LogP contribution in [0.2, 0.25) is 0 Å². The van der Waals surface area contributed by atoms with Gasteiger partial charge in [-0.15, -0.1) is 0 Å². The lowest BCUT2D eigenvalue weighted by Crippen LogP contribution is -2.58. The Morgan fingerprint density at radius 2 is 1.41 bits per heavy atom. The van der Waals surface area contributed by atoms with Gasteiger partial charge in [0.1, 0.15) is 18.1 Å². The minimum absolute atomic E-state index is 0.0714. The van der Waals surface area contributed by atoms with Crippen LogP contribution < -0.4 is 27.4 Å². The van der Waals surface area contributed by atoms with Crippen LogP contribution in [0.5, 0.6) is 0 Å². The third-order valence-electron chi connectivity index (χ3n) is 6.83. The maximum absolute atomic E-state index is 13.4. The van der Waals surface area contributed by atoms with Crippen molar-refractivity contribution in [2.24, 2.45) is 23.3 Å². The molecule has 0 saturated heterocycles. The number of unbranched alkanes of at least 4 members (excludes halogenated alkanes) is 1. The van der Waals surface area contributed by atoms with Crippen LogP contribution in [0.25, 0.3) is 0 Å². The van der Waals surface area contributed by atoms with Crippen molar-refractivity contribution in [1.82, 2.24) is 16.0 Å². The number of carboxylic acids is 1. The molecule has 8 N–H and O–H groups in total. The number of aliphatic carboxylic acids is 1. The second-order valence-electron chi connectivity index (χ2n) is 9.72. The first kappa shape index (κ1) is 32.0. The summed E-state index contributed by atoms with van der Waals surface area (Å²) in [5, 5.41) is 17.7. The van der Waals surface area contributed by atoms with E-state index in [2.05, 4.69) is 16.0 Å². The molecule has 0 radical (unpaired) electrons. The Bertz CT molecular complexity index is 866. The minimum Gasteiger partial charge on any atom is -0.480 e. The van der Waals surface area contributed by atoms with E-state index in [1.54, 1.807) is 6.92 Å². The first-order chi connectivity index (χ1) is 17.5. The lowest BCUT2D eigenvalue weighted by molar-refractivity contribution is -0.143. The summed E-state index contributed by atoms with van der Waals surface area (Å²) in [5.41, 5.74) is 12.5. The van der Waals surface area contributed by atoms with E-state index in [0.717, 1.165) is 5.56 Å². The summed E-state index contributed by atoms with van der Waals surface area (Å²) in [6, 6.07) is 5.29. The van der Waals surface area contributed by atoms with Crippen LogP contribution in [0.1, 0.15) is 65.4 Å². The summed E-state index contributed by atoms with van der Waals surface area (Å²) in [6.07, 6.45) is 3.00. The van der Waals surface area contributed by atoms with E-state index in [0.29, 0.717) is 38.6 Å². The van der Waals surface area contributed by atoms with Crippen LogP contribution in [0.3, 0.4) is 0 Å². The van der Waals surface area contributed by atoms with Gasteiger partial charge in [0.2, 0.25) is 17.7 Å². The zero-order valence-corrected chi connectivity index (χ0v) is 22.5. The van der Waals surface area contributed by atoms with Gasteiger partial charge in [0.05, 0.1) is 6.04 Å². The average Bonchev–Trinajstić information content (AvgIpc) is 2.89. The molecule has 3 amide bonds. The molecule has 1 aromatic carbocycles. The fourth-order valence-electron chi connectivity index (χ4n) is 3.81. The molecule has 10 heteroatoms. The Balaban J connectivity index is 3.15.